The molecule has 1 aromatic heterocycles. The Balaban J connectivity index is 0.980. The molecule has 0 atom stereocenters. The Morgan fingerprint density at radius 3 is 1.06 bits per heavy atom. The van der Waals surface area contributed by atoms with Gasteiger partial charge in [0.2, 0.25) is 0 Å². The van der Waals surface area contributed by atoms with Crippen molar-refractivity contribution in [1.29, 1.82) is 0 Å². The Morgan fingerprint density at radius 1 is 0.254 bits per heavy atom. The smallest absolute Gasteiger partial charge is 0.164 e. The van der Waals surface area contributed by atoms with E-state index in [-0.39, 0.29) is 5.41 Å². The fourth-order valence-corrected chi connectivity index (χ4v) is 10.5. The van der Waals surface area contributed by atoms with Gasteiger partial charge in [-0.2, -0.15) is 0 Å². The quantitative estimate of drug-likeness (QED) is 0.166. The first-order valence-electron chi connectivity index (χ1n) is 21.8. The molecule has 63 heavy (non-hydrogen) atoms. The van der Waals surface area contributed by atoms with E-state index in [0.29, 0.717) is 17.5 Å². The van der Waals surface area contributed by atoms with Crippen molar-refractivity contribution in [2.75, 3.05) is 0 Å². The van der Waals surface area contributed by atoms with E-state index in [1.165, 1.54) is 86.9 Å². The second-order valence-electron chi connectivity index (χ2n) is 17.5. The summed E-state index contributed by atoms with van der Waals surface area (Å²) < 4.78 is 0. The zero-order valence-electron chi connectivity index (χ0n) is 34.9. The second kappa shape index (κ2) is 13.5. The summed E-state index contributed by atoms with van der Waals surface area (Å²) in [6.07, 6.45) is 0. The molecule has 0 N–H and O–H groups in total. The average Bonchev–Trinajstić information content (AvgIpc) is 3.57. The van der Waals surface area contributed by atoms with Gasteiger partial charge in [-0.05, 0) is 134 Å². The molecular formula is C60H39N3. The summed E-state index contributed by atoms with van der Waals surface area (Å²) in [5, 5.41) is 15.5. The molecular weight excluding hydrogens is 763 g/mol. The number of hydrogen-bond donors (Lipinski definition) is 0. The van der Waals surface area contributed by atoms with Crippen LogP contribution in [0.4, 0.5) is 0 Å². The molecule has 0 aliphatic heterocycles. The number of fused-ring (bicyclic) bond motifs is 15. The van der Waals surface area contributed by atoms with E-state index in [2.05, 4.69) is 153 Å². The molecule has 1 aliphatic carbocycles. The van der Waals surface area contributed by atoms with Gasteiger partial charge in [-0.15, -0.1) is 0 Å². The van der Waals surface area contributed by atoms with Crippen LogP contribution in [0.25, 0.3) is 121 Å². The summed E-state index contributed by atoms with van der Waals surface area (Å²) >= 11 is 0. The Labute approximate surface area is 365 Å². The van der Waals surface area contributed by atoms with Crippen LogP contribution in [-0.2, 0) is 5.41 Å². The maximum atomic E-state index is 5.03. The lowest BCUT2D eigenvalue weighted by Crippen LogP contribution is -2.15. The molecule has 0 unspecified atom stereocenters. The standard InChI is InChI=1S/C60H39N3/c1-60(2)55-34-51-44-25-12-10-23-42(44)41-22-9-11-24-43(41)49(51)32-53(55)54-33-50-46-27-14-13-26-45(46)48-31-39(28-29-47(48)52(50)35-56(54)60)38-20-15-21-40(30-38)59-62-57(36-16-5-3-6-17-36)61-58(63-59)37-18-7-4-8-19-37/h3-35H,1-2H3. The van der Waals surface area contributed by atoms with Crippen LogP contribution in [0.3, 0.4) is 0 Å². The third-order valence-corrected chi connectivity index (χ3v) is 13.6. The first-order valence-corrected chi connectivity index (χ1v) is 21.8. The normalized spacial score (nSPS) is 13.0. The first kappa shape index (κ1) is 35.7. The van der Waals surface area contributed by atoms with Crippen molar-refractivity contribution < 1.29 is 0 Å². The lowest BCUT2D eigenvalue weighted by atomic mass is 9.80. The molecule has 0 saturated heterocycles. The minimum Gasteiger partial charge on any atom is -0.208 e. The number of nitrogens with zero attached hydrogens (tertiary/aromatic N) is 3. The van der Waals surface area contributed by atoms with Crippen molar-refractivity contribution in [2.45, 2.75) is 19.3 Å². The van der Waals surface area contributed by atoms with Gasteiger partial charge in [0.05, 0.1) is 0 Å². The summed E-state index contributed by atoms with van der Waals surface area (Å²) in [7, 11) is 0. The third kappa shape index (κ3) is 5.43. The number of rotatable bonds is 4. The van der Waals surface area contributed by atoms with Crippen molar-refractivity contribution in [2.24, 2.45) is 0 Å². The molecule has 3 nitrogen and oxygen atoms in total. The van der Waals surface area contributed by atoms with Crippen LogP contribution in [0, 0.1) is 0 Å². The van der Waals surface area contributed by atoms with Crippen molar-refractivity contribution in [3.63, 3.8) is 0 Å². The Kier molecular flexibility index (Phi) is 7.65. The molecule has 0 radical (unpaired) electrons. The van der Waals surface area contributed by atoms with Crippen LogP contribution >= 0.6 is 0 Å². The molecule has 0 fully saturated rings. The Bertz CT molecular complexity index is 3810. The van der Waals surface area contributed by atoms with Gasteiger partial charge in [-0.1, -0.05) is 178 Å². The van der Waals surface area contributed by atoms with E-state index >= 15 is 0 Å². The highest BCUT2D eigenvalue weighted by molar-refractivity contribution is 6.28. The van der Waals surface area contributed by atoms with E-state index in [9.17, 15) is 0 Å². The van der Waals surface area contributed by atoms with Gasteiger partial charge in [-0.3, -0.25) is 0 Å². The van der Waals surface area contributed by atoms with Gasteiger partial charge in [-0.25, -0.2) is 15.0 Å². The van der Waals surface area contributed by atoms with E-state index in [0.717, 1.165) is 27.8 Å². The zero-order chi connectivity index (χ0) is 41.8. The molecule has 0 spiro atoms. The van der Waals surface area contributed by atoms with Crippen LogP contribution in [0.2, 0.25) is 0 Å². The minimum atomic E-state index is -0.187. The predicted molar refractivity (Wildman–Crippen MR) is 264 cm³/mol. The Morgan fingerprint density at radius 2 is 0.587 bits per heavy atom. The SMILES string of the molecule is CC1(C)c2cc3c4ccccc4c4ccccc4c3cc2-c2cc3c4ccccc4c4cc(-c5cccc(-c6nc(-c7ccccc7)nc(-c7ccccc7)n6)c5)ccc4c3cc21. The molecule has 0 bridgehead atoms. The van der Waals surface area contributed by atoms with Crippen LogP contribution in [0.5, 0.6) is 0 Å². The van der Waals surface area contributed by atoms with Gasteiger partial charge >= 0.3 is 0 Å². The molecule has 0 saturated carbocycles. The van der Waals surface area contributed by atoms with Crippen LogP contribution in [0.15, 0.2) is 200 Å². The molecule has 294 valence electrons. The van der Waals surface area contributed by atoms with Crippen molar-refractivity contribution in [1.82, 2.24) is 15.0 Å². The molecule has 1 heterocycles. The van der Waals surface area contributed by atoms with E-state index in [1.807, 2.05) is 60.7 Å². The number of hydrogen-bond acceptors (Lipinski definition) is 3. The van der Waals surface area contributed by atoms with Gasteiger partial charge in [0.15, 0.2) is 17.5 Å². The zero-order valence-corrected chi connectivity index (χ0v) is 34.9. The highest BCUT2D eigenvalue weighted by Gasteiger charge is 2.37. The molecule has 13 rings (SSSR count). The predicted octanol–water partition coefficient (Wildman–Crippen LogP) is 15.8. The summed E-state index contributed by atoms with van der Waals surface area (Å²) in [5.74, 6) is 1.96. The fourth-order valence-electron chi connectivity index (χ4n) is 10.5. The van der Waals surface area contributed by atoms with E-state index in [4.69, 9.17) is 15.0 Å². The molecule has 11 aromatic carbocycles. The van der Waals surface area contributed by atoms with Crippen LogP contribution < -0.4 is 0 Å². The summed E-state index contributed by atoms with van der Waals surface area (Å²) in [5.41, 5.74) is 10.4. The van der Waals surface area contributed by atoms with Crippen molar-refractivity contribution in [3.8, 4) is 56.4 Å². The van der Waals surface area contributed by atoms with Gasteiger partial charge in [0.25, 0.3) is 0 Å². The largest absolute Gasteiger partial charge is 0.208 e. The summed E-state index contributed by atoms with van der Waals surface area (Å²) in [4.78, 5) is 15.0. The second-order valence-corrected chi connectivity index (χ2v) is 17.5. The lowest BCUT2D eigenvalue weighted by molar-refractivity contribution is 0.662. The van der Waals surface area contributed by atoms with Gasteiger partial charge in [0, 0.05) is 22.1 Å². The molecule has 3 heteroatoms. The fraction of sp³-hybridized carbons (Fsp3) is 0.0500. The van der Waals surface area contributed by atoms with Crippen molar-refractivity contribution >= 4 is 64.6 Å². The monoisotopic (exact) mass is 801 g/mol. The maximum Gasteiger partial charge on any atom is 0.164 e. The first-order chi connectivity index (χ1) is 31.0. The molecule has 0 amide bonds. The van der Waals surface area contributed by atoms with Crippen LogP contribution in [-0.4, -0.2) is 15.0 Å². The van der Waals surface area contributed by atoms with E-state index < -0.39 is 0 Å². The molecule has 1 aliphatic rings. The highest BCUT2D eigenvalue weighted by Crippen LogP contribution is 2.53. The number of benzene rings is 11. The maximum absolute atomic E-state index is 5.03. The Hall–Kier alpha value is -8.01. The van der Waals surface area contributed by atoms with E-state index in [1.54, 1.807) is 0 Å². The topological polar surface area (TPSA) is 38.7 Å². The van der Waals surface area contributed by atoms with Gasteiger partial charge < -0.3 is 0 Å². The number of aromatic nitrogens is 3. The van der Waals surface area contributed by atoms with Crippen LogP contribution in [0.1, 0.15) is 25.0 Å². The summed E-state index contributed by atoms with van der Waals surface area (Å²) in [6.45, 7) is 4.82. The highest BCUT2D eigenvalue weighted by atomic mass is 15.0. The van der Waals surface area contributed by atoms with Gasteiger partial charge in [0.1, 0.15) is 0 Å². The summed E-state index contributed by atoms with van der Waals surface area (Å²) in [6, 6.07) is 72.6. The lowest BCUT2D eigenvalue weighted by Gasteiger charge is -2.23. The minimum absolute atomic E-state index is 0.187. The third-order valence-electron chi connectivity index (χ3n) is 13.6. The van der Waals surface area contributed by atoms with Crippen molar-refractivity contribution in [3.05, 3.63) is 211 Å². The molecule has 12 aromatic rings. The average molecular weight is 802 g/mol.